The zero-order chi connectivity index (χ0) is 18.1. The van der Waals surface area contributed by atoms with Crippen molar-refractivity contribution in [3.63, 3.8) is 0 Å². The molecule has 0 spiro atoms. The van der Waals surface area contributed by atoms with Crippen molar-refractivity contribution in [2.75, 3.05) is 20.1 Å². The maximum atomic E-state index is 12.4. The molecule has 0 bridgehead atoms. The molecule has 0 saturated carbocycles. The molecule has 0 fully saturated rings. The SMILES string of the molecule is CC[C@H](CNC(=O)[C@@H](C)N(C)CC(=O)NC(C)C)c1ccccc1. The van der Waals surface area contributed by atoms with Crippen molar-refractivity contribution in [3.8, 4) is 0 Å². The van der Waals surface area contributed by atoms with E-state index < -0.39 is 0 Å². The lowest BCUT2D eigenvalue weighted by Crippen LogP contribution is -2.48. The monoisotopic (exact) mass is 333 g/mol. The number of nitrogens with one attached hydrogen (secondary N) is 2. The molecule has 5 nitrogen and oxygen atoms in total. The molecule has 2 N–H and O–H groups in total. The number of rotatable bonds is 9. The van der Waals surface area contributed by atoms with Crippen LogP contribution in [-0.4, -0.2) is 48.9 Å². The Hall–Kier alpha value is -1.88. The molecule has 0 saturated heterocycles. The van der Waals surface area contributed by atoms with E-state index in [2.05, 4.69) is 29.7 Å². The van der Waals surface area contributed by atoms with Crippen LogP contribution in [0, 0.1) is 0 Å². The summed E-state index contributed by atoms with van der Waals surface area (Å²) in [6.07, 6.45) is 0.964. The largest absolute Gasteiger partial charge is 0.354 e. The summed E-state index contributed by atoms with van der Waals surface area (Å²) in [6.45, 7) is 8.60. The van der Waals surface area contributed by atoms with Gasteiger partial charge in [0.1, 0.15) is 0 Å². The Bertz CT molecular complexity index is 517. The van der Waals surface area contributed by atoms with Crippen molar-refractivity contribution >= 4 is 11.8 Å². The second-order valence-corrected chi connectivity index (χ2v) is 6.57. The maximum absolute atomic E-state index is 12.4. The summed E-state index contributed by atoms with van der Waals surface area (Å²) in [5.41, 5.74) is 1.23. The van der Waals surface area contributed by atoms with Gasteiger partial charge in [0.05, 0.1) is 12.6 Å². The van der Waals surface area contributed by atoms with E-state index in [1.165, 1.54) is 5.56 Å². The molecule has 24 heavy (non-hydrogen) atoms. The van der Waals surface area contributed by atoms with Crippen LogP contribution in [0.15, 0.2) is 30.3 Å². The zero-order valence-corrected chi connectivity index (χ0v) is 15.5. The van der Waals surface area contributed by atoms with Crippen LogP contribution in [0.2, 0.25) is 0 Å². The van der Waals surface area contributed by atoms with Crippen LogP contribution in [0.1, 0.15) is 45.6 Å². The van der Waals surface area contributed by atoms with Crippen LogP contribution in [0.25, 0.3) is 0 Å². The topological polar surface area (TPSA) is 61.4 Å². The molecule has 0 aliphatic carbocycles. The first kappa shape index (κ1) is 20.2. The summed E-state index contributed by atoms with van der Waals surface area (Å²) in [6, 6.07) is 9.96. The molecule has 0 radical (unpaired) electrons. The van der Waals surface area contributed by atoms with Crippen molar-refractivity contribution in [1.29, 1.82) is 0 Å². The Labute approximate surface area is 145 Å². The van der Waals surface area contributed by atoms with Gasteiger partial charge in [0.15, 0.2) is 0 Å². The number of nitrogens with zero attached hydrogens (tertiary/aromatic N) is 1. The number of carbonyl (C=O) groups is 2. The lowest BCUT2D eigenvalue weighted by atomic mass is 9.96. The second kappa shape index (κ2) is 10.1. The van der Waals surface area contributed by atoms with Crippen LogP contribution < -0.4 is 10.6 Å². The average molecular weight is 333 g/mol. The lowest BCUT2D eigenvalue weighted by Gasteiger charge is -2.25. The van der Waals surface area contributed by atoms with Gasteiger partial charge in [-0.05, 0) is 39.8 Å². The van der Waals surface area contributed by atoms with E-state index in [4.69, 9.17) is 0 Å². The Morgan fingerprint density at radius 1 is 1.12 bits per heavy atom. The quantitative estimate of drug-likeness (QED) is 0.728. The molecule has 0 aliphatic rings. The third kappa shape index (κ3) is 6.71. The molecule has 1 aromatic carbocycles. The minimum absolute atomic E-state index is 0.0516. The third-order valence-corrected chi connectivity index (χ3v) is 4.17. The van der Waals surface area contributed by atoms with Crippen molar-refractivity contribution in [2.45, 2.75) is 52.1 Å². The van der Waals surface area contributed by atoms with Gasteiger partial charge in [-0.2, -0.15) is 0 Å². The van der Waals surface area contributed by atoms with Gasteiger partial charge in [-0.3, -0.25) is 14.5 Å². The Balaban J connectivity index is 2.49. The molecule has 5 heteroatoms. The van der Waals surface area contributed by atoms with Crippen molar-refractivity contribution in [1.82, 2.24) is 15.5 Å². The molecule has 0 aliphatic heterocycles. The maximum Gasteiger partial charge on any atom is 0.237 e. The van der Waals surface area contributed by atoms with Gasteiger partial charge in [-0.25, -0.2) is 0 Å². The van der Waals surface area contributed by atoms with Gasteiger partial charge < -0.3 is 10.6 Å². The van der Waals surface area contributed by atoms with Crippen LogP contribution >= 0.6 is 0 Å². The summed E-state index contributed by atoms with van der Waals surface area (Å²) in [4.78, 5) is 25.9. The fourth-order valence-corrected chi connectivity index (χ4v) is 2.53. The average Bonchev–Trinajstić information content (AvgIpc) is 2.54. The van der Waals surface area contributed by atoms with Gasteiger partial charge >= 0.3 is 0 Å². The smallest absolute Gasteiger partial charge is 0.237 e. The summed E-state index contributed by atoms with van der Waals surface area (Å²) in [5.74, 6) is 0.184. The Morgan fingerprint density at radius 2 is 1.75 bits per heavy atom. The molecule has 0 unspecified atom stereocenters. The molecule has 1 aromatic rings. The predicted octanol–water partition coefficient (Wildman–Crippen LogP) is 2.14. The molecule has 0 aromatic heterocycles. The summed E-state index contributed by atoms with van der Waals surface area (Å²) in [5, 5.41) is 5.85. The first-order chi connectivity index (χ1) is 11.3. The highest BCUT2D eigenvalue weighted by atomic mass is 16.2. The molecule has 2 atom stereocenters. The lowest BCUT2D eigenvalue weighted by molar-refractivity contribution is -0.127. The minimum Gasteiger partial charge on any atom is -0.354 e. The standard InChI is InChI=1S/C19H31N3O2/c1-6-16(17-10-8-7-9-11-17)12-20-19(24)15(4)22(5)13-18(23)21-14(2)3/h7-11,14-16H,6,12-13H2,1-5H3,(H,20,24)(H,21,23)/t15-,16-/m1/s1. The van der Waals surface area contributed by atoms with Crippen LogP contribution in [0.3, 0.4) is 0 Å². The van der Waals surface area contributed by atoms with E-state index in [1.807, 2.05) is 39.0 Å². The Morgan fingerprint density at radius 3 is 2.29 bits per heavy atom. The summed E-state index contributed by atoms with van der Waals surface area (Å²) >= 11 is 0. The van der Waals surface area contributed by atoms with E-state index in [9.17, 15) is 9.59 Å². The number of hydrogen-bond donors (Lipinski definition) is 2. The molecule has 134 valence electrons. The third-order valence-electron chi connectivity index (χ3n) is 4.17. The zero-order valence-electron chi connectivity index (χ0n) is 15.5. The van der Waals surface area contributed by atoms with Gasteiger partial charge in [0.25, 0.3) is 0 Å². The number of benzene rings is 1. The first-order valence-electron chi connectivity index (χ1n) is 8.67. The van der Waals surface area contributed by atoms with Crippen LogP contribution in [-0.2, 0) is 9.59 Å². The van der Waals surface area contributed by atoms with E-state index in [-0.39, 0.29) is 30.4 Å². The van der Waals surface area contributed by atoms with Gasteiger partial charge in [0.2, 0.25) is 11.8 Å². The van der Waals surface area contributed by atoms with Gasteiger partial charge in [0, 0.05) is 18.5 Å². The number of amides is 2. The first-order valence-corrected chi connectivity index (χ1v) is 8.67. The number of hydrogen-bond acceptors (Lipinski definition) is 3. The highest BCUT2D eigenvalue weighted by Gasteiger charge is 2.21. The number of carbonyl (C=O) groups excluding carboxylic acids is 2. The van der Waals surface area contributed by atoms with E-state index >= 15 is 0 Å². The summed E-state index contributed by atoms with van der Waals surface area (Å²) in [7, 11) is 1.79. The van der Waals surface area contributed by atoms with Crippen LogP contribution in [0.5, 0.6) is 0 Å². The normalized spacial score (nSPS) is 13.6. The summed E-state index contributed by atoms with van der Waals surface area (Å²) < 4.78 is 0. The number of likely N-dealkylation sites (N-methyl/N-ethyl adjacent to an activating group) is 1. The van der Waals surface area contributed by atoms with E-state index in [0.717, 1.165) is 6.42 Å². The highest BCUT2D eigenvalue weighted by molar-refractivity contribution is 5.83. The molecule has 0 heterocycles. The second-order valence-electron chi connectivity index (χ2n) is 6.57. The van der Waals surface area contributed by atoms with Crippen molar-refractivity contribution < 1.29 is 9.59 Å². The van der Waals surface area contributed by atoms with Crippen LogP contribution in [0.4, 0.5) is 0 Å². The van der Waals surface area contributed by atoms with Gasteiger partial charge in [-0.15, -0.1) is 0 Å². The fourth-order valence-electron chi connectivity index (χ4n) is 2.53. The fraction of sp³-hybridized carbons (Fsp3) is 0.579. The Kier molecular flexibility index (Phi) is 8.47. The van der Waals surface area contributed by atoms with Gasteiger partial charge in [-0.1, -0.05) is 37.3 Å². The van der Waals surface area contributed by atoms with E-state index in [1.54, 1.807) is 11.9 Å². The molecular formula is C19H31N3O2. The molecule has 1 rings (SSSR count). The molecule has 2 amide bonds. The highest BCUT2D eigenvalue weighted by Crippen LogP contribution is 2.18. The van der Waals surface area contributed by atoms with Crippen molar-refractivity contribution in [3.05, 3.63) is 35.9 Å². The molecular weight excluding hydrogens is 302 g/mol. The van der Waals surface area contributed by atoms with Crippen molar-refractivity contribution in [2.24, 2.45) is 0 Å². The minimum atomic E-state index is -0.351. The predicted molar refractivity (Wildman–Crippen MR) is 97.9 cm³/mol. The van der Waals surface area contributed by atoms with E-state index in [0.29, 0.717) is 12.5 Å².